The molecule has 0 unspecified atom stereocenters. The van der Waals surface area contributed by atoms with Gasteiger partial charge in [0.25, 0.3) is 0 Å². The SMILES string of the molecule is O=C1CCc2ccccc2N1CC1CC1. The number of rotatable bonds is 2. The van der Waals surface area contributed by atoms with Gasteiger partial charge >= 0.3 is 0 Å². The molecule has 15 heavy (non-hydrogen) atoms. The van der Waals surface area contributed by atoms with Gasteiger partial charge in [-0.05, 0) is 36.8 Å². The van der Waals surface area contributed by atoms with Crippen molar-refractivity contribution >= 4 is 11.6 Å². The lowest BCUT2D eigenvalue weighted by Gasteiger charge is -2.29. The van der Waals surface area contributed by atoms with Crippen molar-refractivity contribution in [2.24, 2.45) is 5.92 Å². The molecule has 1 aromatic rings. The van der Waals surface area contributed by atoms with Crippen LogP contribution >= 0.6 is 0 Å². The minimum atomic E-state index is 0.306. The Hall–Kier alpha value is -1.31. The van der Waals surface area contributed by atoms with E-state index in [0.717, 1.165) is 24.6 Å². The summed E-state index contributed by atoms with van der Waals surface area (Å²) in [4.78, 5) is 13.8. The number of nitrogens with zero attached hydrogens (tertiary/aromatic N) is 1. The molecule has 0 spiro atoms. The van der Waals surface area contributed by atoms with Gasteiger partial charge in [0.1, 0.15) is 0 Å². The number of amides is 1. The molecule has 1 aliphatic carbocycles. The third-order valence-electron chi connectivity index (χ3n) is 3.33. The van der Waals surface area contributed by atoms with Crippen LogP contribution in [-0.2, 0) is 11.2 Å². The van der Waals surface area contributed by atoms with E-state index in [4.69, 9.17) is 0 Å². The zero-order valence-corrected chi connectivity index (χ0v) is 8.78. The molecule has 0 aromatic heterocycles. The summed E-state index contributed by atoms with van der Waals surface area (Å²) in [7, 11) is 0. The van der Waals surface area contributed by atoms with Crippen LogP contribution in [0.1, 0.15) is 24.8 Å². The van der Waals surface area contributed by atoms with E-state index < -0.39 is 0 Å². The Morgan fingerprint density at radius 1 is 1.20 bits per heavy atom. The lowest BCUT2D eigenvalue weighted by Crippen LogP contribution is -2.36. The predicted octanol–water partition coefficient (Wildman–Crippen LogP) is 2.38. The van der Waals surface area contributed by atoms with E-state index in [1.807, 2.05) is 11.0 Å². The molecule has 3 rings (SSSR count). The van der Waals surface area contributed by atoms with Crippen LogP contribution in [0.25, 0.3) is 0 Å². The highest BCUT2D eigenvalue weighted by atomic mass is 16.2. The largest absolute Gasteiger partial charge is 0.312 e. The summed E-state index contributed by atoms with van der Waals surface area (Å²) >= 11 is 0. The fourth-order valence-electron chi connectivity index (χ4n) is 2.26. The summed E-state index contributed by atoms with van der Waals surface area (Å²) in [6, 6.07) is 8.30. The normalized spacial score (nSPS) is 20.3. The van der Waals surface area contributed by atoms with Gasteiger partial charge in [0.2, 0.25) is 5.91 Å². The maximum absolute atomic E-state index is 11.8. The van der Waals surface area contributed by atoms with Crippen LogP contribution < -0.4 is 4.90 Å². The van der Waals surface area contributed by atoms with E-state index in [0.29, 0.717) is 12.3 Å². The molecule has 2 nitrogen and oxygen atoms in total. The molecule has 0 atom stereocenters. The second-order valence-electron chi connectivity index (χ2n) is 4.58. The molecule has 2 heteroatoms. The van der Waals surface area contributed by atoms with Crippen molar-refractivity contribution in [2.45, 2.75) is 25.7 Å². The molecule has 0 saturated heterocycles. The van der Waals surface area contributed by atoms with Crippen molar-refractivity contribution in [3.8, 4) is 0 Å². The van der Waals surface area contributed by atoms with Crippen molar-refractivity contribution in [3.05, 3.63) is 29.8 Å². The number of anilines is 1. The van der Waals surface area contributed by atoms with Gasteiger partial charge < -0.3 is 4.90 Å². The van der Waals surface area contributed by atoms with Crippen LogP contribution in [0.2, 0.25) is 0 Å². The van der Waals surface area contributed by atoms with Gasteiger partial charge in [-0.1, -0.05) is 18.2 Å². The molecular formula is C13H15NO. The summed E-state index contributed by atoms with van der Waals surface area (Å²) in [6.07, 6.45) is 4.19. The number of hydrogen-bond donors (Lipinski definition) is 0. The van der Waals surface area contributed by atoms with E-state index in [1.165, 1.54) is 18.4 Å². The van der Waals surface area contributed by atoms with Crippen LogP contribution in [0.3, 0.4) is 0 Å². The Bertz CT molecular complexity index is 395. The minimum Gasteiger partial charge on any atom is -0.312 e. The van der Waals surface area contributed by atoms with Crippen molar-refractivity contribution in [1.29, 1.82) is 0 Å². The Kier molecular flexibility index (Phi) is 2.01. The van der Waals surface area contributed by atoms with E-state index >= 15 is 0 Å². The van der Waals surface area contributed by atoms with Crippen LogP contribution in [0, 0.1) is 5.92 Å². The summed E-state index contributed by atoms with van der Waals surface area (Å²) < 4.78 is 0. The first-order valence-corrected chi connectivity index (χ1v) is 5.73. The topological polar surface area (TPSA) is 20.3 Å². The molecule has 1 amide bonds. The van der Waals surface area contributed by atoms with Crippen molar-refractivity contribution in [1.82, 2.24) is 0 Å². The highest BCUT2D eigenvalue weighted by Gasteiger charge is 2.30. The number of aryl methyl sites for hydroxylation is 1. The van der Waals surface area contributed by atoms with Gasteiger partial charge in [0.15, 0.2) is 0 Å². The number of carbonyl (C=O) groups excluding carboxylic acids is 1. The quantitative estimate of drug-likeness (QED) is 0.719. The van der Waals surface area contributed by atoms with Gasteiger partial charge in [-0.3, -0.25) is 4.79 Å². The van der Waals surface area contributed by atoms with Crippen LogP contribution in [0.15, 0.2) is 24.3 Å². The van der Waals surface area contributed by atoms with Gasteiger partial charge in [-0.25, -0.2) is 0 Å². The molecule has 1 fully saturated rings. The zero-order chi connectivity index (χ0) is 10.3. The molecular weight excluding hydrogens is 186 g/mol. The van der Waals surface area contributed by atoms with Crippen molar-refractivity contribution < 1.29 is 4.79 Å². The summed E-state index contributed by atoms with van der Waals surface area (Å²) in [5.74, 6) is 1.07. The first-order valence-electron chi connectivity index (χ1n) is 5.73. The number of carbonyl (C=O) groups is 1. The van der Waals surface area contributed by atoms with Gasteiger partial charge in [-0.2, -0.15) is 0 Å². The Balaban J connectivity index is 1.93. The average molecular weight is 201 g/mol. The third-order valence-corrected chi connectivity index (χ3v) is 3.33. The first-order chi connectivity index (χ1) is 7.34. The molecule has 1 aromatic carbocycles. The fraction of sp³-hybridized carbons (Fsp3) is 0.462. The minimum absolute atomic E-state index is 0.306. The molecule has 1 saturated carbocycles. The van der Waals surface area contributed by atoms with Gasteiger partial charge in [-0.15, -0.1) is 0 Å². The van der Waals surface area contributed by atoms with E-state index in [1.54, 1.807) is 0 Å². The Morgan fingerprint density at radius 2 is 2.00 bits per heavy atom. The number of benzene rings is 1. The average Bonchev–Trinajstić information content (AvgIpc) is 3.06. The Labute approximate surface area is 89.9 Å². The van der Waals surface area contributed by atoms with E-state index in [-0.39, 0.29) is 0 Å². The molecule has 78 valence electrons. The van der Waals surface area contributed by atoms with Crippen LogP contribution in [-0.4, -0.2) is 12.5 Å². The monoisotopic (exact) mass is 201 g/mol. The van der Waals surface area contributed by atoms with Crippen molar-refractivity contribution in [3.63, 3.8) is 0 Å². The Morgan fingerprint density at radius 3 is 2.80 bits per heavy atom. The summed E-state index contributed by atoms with van der Waals surface area (Å²) in [5, 5.41) is 0. The molecule has 0 radical (unpaired) electrons. The molecule has 2 aliphatic rings. The second kappa shape index (κ2) is 3.37. The third kappa shape index (κ3) is 1.65. The number of para-hydroxylation sites is 1. The molecule has 0 N–H and O–H groups in total. The standard InChI is InChI=1S/C13H15NO/c15-13-8-7-11-3-1-2-4-12(11)14(13)9-10-5-6-10/h1-4,10H,5-9H2. The molecule has 1 aliphatic heterocycles. The lowest BCUT2D eigenvalue weighted by molar-refractivity contribution is -0.118. The zero-order valence-electron chi connectivity index (χ0n) is 8.78. The van der Waals surface area contributed by atoms with Crippen LogP contribution in [0.5, 0.6) is 0 Å². The van der Waals surface area contributed by atoms with Gasteiger partial charge in [0.05, 0.1) is 0 Å². The predicted molar refractivity (Wildman–Crippen MR) is 59.8 cm³/mol. The first kappa shape index (κ1) is 8.96. The number of hydrogen-bond acceptors (Lipinski definition) is 1. The second-order valence-corrected chi connectivity index (χ2v) is 4.58. The highest BCUT2D eigenvalue weighted by Crippen LogP contribution is 2.34. The maximum Gasteiger partial charge on any atom is 0.227 e. The maximum atomic E-state index is 11.8. The molecule has 0 bridgehead atoms. The van der Waals surface area contributed by atoms with Gasteiger partial charge in [0, 0.05) is 18.7 Å². The van der Waals surface area contributed by atoms with Crippen LogP contribution in [0.4, 0.5) is 5.69 Å². The smallest absolute Gasteiger partial charge is 0.227 e. The number of fused-ring (bicyclic) bond motifs is 1. The summed E-state index contributed by atoms with van der Waals surface area (Å²) in [6.45, 7) is 0.940. The van der Waals surface area contributed by atoms with E-state index in [9.17, 15) is 4.79 Å². The van der Waals surface area contributed by atoms with E-state index in [2.05, 4.69) is 18.2 Å². The molecule has 1 heterocycles. The van der Waals surface area contributed by atoms with Crippen molar-refractivity contribution in [2.75, 3.05) is 11.4 Å². The fourth-order valence-corrected chi connectivity index (χ4v) is 2.26. The summed E-state index contributed by atoms with van der Waals surface area (Å²) in [5.41, 5.74) is 2.48. The highest BCUT2D eigenvalue weighted by molar-refractivity contribution is 5.96. The lowest BCUT2D eigenvalue weighted by atomic mass is 10.0.